The number of aromatic nitrogens is 2. The molecule has 122 valence electrons. The maximum absolute atomic E-state index is 12.1. The number of nitrogens with one attached hydrogen (secondary N) is 2. The summed E-state index contributed by atoms with van der Waals surface area (Å²) in [4.78, 5) is 22.8. The third-order valence-corrected chi connectivity index (χ3v) is 3.68. The molecule has 1 aromatic heterocycles. The number of ketones is 1. The van der Waals surface area contributed by atoms with Crippen molar-refractivity contribution in [1.29, 1.82) is 0 Å². The van der Waals surface area contributed by atoms with Crippen LogP contribution in [0.1, 0.15) is 5.56 Å². The summed E-state index contributed by atoms with van der Waals surface area (Å²) >= 11 is 0. The first-order chi connectivity index (χ1) is 11.5. The van der Waals surface area contributed by atoms with Crippen LogP contribution in [0.2, 0.25) is 0 Å². The number of amides is 1. The molecule has 0 bridgehead atoms. The minimum Gasteiger partial charge on any atom is -0.530 e. The van der Waals surface area contributed by atoms with Crippen LogP contribution in [0, 0.1) is 0 Å². The molecule has 1 aromatic carbocycles. The van der Waals surface area contributed by atoms with Crippen molar-refractivity contribution in [2.45, 2.75) is 6.42 Å². The second-order valence-electron chi connectivity index (χ2n) is 5.50. The van der Waals surface area contributed by atoms with Gasteiger partial charge < -0.3 is 15.2 Å². The van der Waals surface area contributed by atoms with Crippen LogP contribution in [0.3, 0.4) is 0 Å². The van der Waals surface area contributed by atoms with Crippen LogP contribution in [0.5, 0.6) is 0 Å². The number of anilines is 1. The number of H-pyrrole nitrogens is 1. The van der Waals surface area contributed by atoms with Gasteiger partial charge in [0.25, 0.3) is 0 Å². The van der Waals surface area contributed by atoms with Crippen LogP contribution in [-0.4, -0.2) is 34.8 Å². The molecule has 0 radical (unpaired) electrons. The van der Waals surface area contributed by atoms with Crippen molar-refractivity contribution in [2.75, 3.05) is 12.4 Å². The Bertz CT molecular complexity index is 841. The number of nitrogens with zero attached hydrogens (tertiary/aromatic N) is 3. The van der Waals surface area contributed by atoms with Gasteiger partial charge in [0.15, 0.2) is 0 Å². The summed E-state index contributed by atoms with van der Waals surface area (Å²) in [5.74, 6) is -0.174. The molecule has 24 heavy (non-hydrogen) atoms. The second kappa shape index (κ2) is 6.09. The van der Waals surface area contributed by atoms with Crippen molar-refractivity contribution < 1.29 is 14.7 Å². The van der Waals surface area contributed by atoms with Crippen LogP contribution in [0.15, 0.2) is 54.0 Å². The monoisotopic (exact) mass is 325 g/mol. The fourth-order valence-corrected chi connectivity index (χ4v) is 2.47. The minimum absolute atomic E-state index is 0.0779. The quantitative estimate of drug-likeness (QED) is 0.810. The van der Waals surface area contributed by atoms with Crippen molar-refractivity contribution in [1.82, 2.24) is 14.8 Å². The van der Waals surface area contributed by atoms with Crippen molar-refractivity contribution in [3.05, 3.63) is 54.5 Å². The first kappa shape index (κ1) is 15.6. The molecule has 8 heteroatoms. The van der Waals surface area contributed by atoms with Gasteiger partial charge >= 0.3 is 0 Å². The van der Waals surface area contributed by atoms with Crippen molar-refractivity contribution in [3.63, 3.8) is 0 Å². The highest BCUT2D eigenvalue weighted by Gasteiger charge is 2.30. The molecule has 2 aromatic rings. The zero-order valence-electron chi connectivity index (χ0n) is 12.9. The van der Waals surface area contributed by atoms with Crippen LogP contribution < -0.4 is 15.0 Å². The van der Waals surface area contributed by atoms with E-state index in [0.29, 0.717) is 11.4 Å². The lowest BCUT2D eigenvalue weighted by Crippen LogP contribution is -2.39. The third-order valence-electron chi connectivity index (χ3n) is 3.68. The highest BCUT2D eigenvalue weighted by Crippen LogP contribution is 2.24. The molecule has 2 heterocycles. The van der Waals surface area contributed by atoms with Crippen molar-refractivity contribution >= 4 is 29.0 Å². The summed E-state index contributed by atoms with van der Waals surface area (Å²) in [7, 11) is 1.84. The summed E-state index contributed by atoms with van der Waals surface area (Å²) < 4.78 is 0.0779. The molecule has 1 aliphatic heterocycles. The van der Waals surface area contributed by atoms with E-state index >= 15 is 0 Å². The van der Waals surface area contributed by atoms with Gasteiger partial charge in [-0.1, -0.05) is 17.2 Å². The number of hydrogen-bond donors (Lipinski definition) is 2. The minimum atomic E-state index is -1.38. The van der Waals surface area contributed by atoms with Gasteiger partial charge in [-0.05, 0) is 17.7 Å². The fourth-order valence-electron chi connectivity index (χ4n) is 2.47. The van der Waals surface area contributed by atoms with Gasteiger partial charge in [-0.25, -0.2) is 0 Å². The number of allylic oxidation sites excluding steroid dienone is 1. The molecule has 1 unspecified atom stereocenters. The molecule has 0 saturated heterocycles. The Morgan fingerprint density at radius 2 is 2.25 bits per heavy atom. The Hall–Kier alpha value is -3.26. The number of hydrogen-bond acceptors (Lipinski definition) is 5. The first-order valence-corrected chi connectivity index (χ1v) is 7.21. The molecule has 1 aliphatic rings. The standard InChI is InChI=1S/C16H15N5O3/c1-21(13-9-17-18-10-13)6-5-15(22)14(20-21)8-11-3-2-4-12(7-11)19-16(23)24/h2-7,9-10,19H,8H2,1H3,(H-,17,18,23,24). The third kappa shape index (κ3) is 3.23. The summed E-state index contributed by atoms with van der Waals surface area (Å²) in [6.07, 6.45) is 5.43. The van der Waals surface area contributed by atoms with Gasteiger partial charge in [0.2, 0.25) is 11.5 Å². The molecule has 1 amide bonds. The van der Waals surface area contributed by atoms with E-state index in [-0.39, 0.29) is 16.8 Å². The summed E-state index contributed by atoms with van der Waals surface area (Å²) in [6.45, 7) is 0. The van der Waals surface area contributed by atoms with E-state index < -0.39 is 6.09 Å². The van der Waals surface area contributed by atoms with E-state index in [1.165, 1.54) is 6.08 Å². The highest BCUT2D eigenvalue weighted by atomic mass is 16.4. The van der Waals surface area contributed by atoms with Crippen LogP contribution in [0.4, 0.5) is 16.2 Å². The van der Waals surface area contributed by atoms with E-state index in [9.17, 15) is 14.7 Å². The second-order valence-corrected chi connectivity index (χ2v) is 5.50. The number of carboxylic acid groups (broad SMARTS) is 1. The summed E-state index contributed by atoms with van der Waals surface area (Å²) in [5, 5.41) is 24.0. The summed E-state index contributed by atoms with van der Waals surface area (Å²) in [5.41, 5.74) is 2.33. The zero-order chi connectivity index (χ0) is 17.2. The number of rotatable bonds is 4. The van der Waals surface area contributed by atoms with Gasteiger partial charge in [0.1, 0.15) is 31.2 Å². The predicted molar refractivity (Wildman–Crippen MR) is 87.1 cm³/mol. The molecular formula is C16H15N5O3. The lowest BCUT2D eigenvalue weighted by Gasteiger charge is -2.24. The Morgan fingerprint density at radius 3 is 2.96 bits per heavy atom. The smallest absolute Gasteiger partial charge is 0.211 e. The van der Waals surface area contributed by atoms with E-state index in [2.05, 4.69) is 20.6 Å². The number of benzene rings is 1. The molecule has 1 atom stereocenters. The molecule has 3 rings (SSSR count). The van der Waals surface area contributed by atoms with Gasteiger partial charge in [-0.15, -0.1) is 4.59 Å². The predicted octanol–water partition coefficient (Wildman–Crippen LogP) is 0.797. The first-order valence-electron chi connectivity index (χ1n) is 7.21. The largest absolute Gasteiger partial charge is 0.530 e. The van der Waals surface area contributed by atoms with E-state index in [0.717, 1.165) is 11.3 Å². The average Bonchev–Trinajstić information content (AvgIpc) is 3.06. The zero-order valence-corrected chi connectivity index (χ0v) is 12.9. The number of aromatic amines is 1. The van der Waals surface area contributed by atoms with Crippen molar-refractivity contribution in [2.24, 2.45) is 5.10 Å². The van der Waals surface area contributed by atoms with Gasteiger partial charge in [-0.3, -0.25) is 9.89 Å². The Morgan fingerprint density at radius 1 is 1.42 bits per heavy atom. The van der Waals surface area contributed by atoms with Gasteiger partial charge in [0.05, 0.1) is 6.20 Å². The van der Waals surface area contributed by atoms with Crippen LogP contribution >= 0.6 is 0 Å². The molecular weight excluding hydrogens is 310 g/mol. The lowest BCUT2D eigenvalue weighted by atomic mass is 10.0. The Balaban J connectivity index is 1.87. The lowest BCUT2D eigenvalue weighted by molar-refractivity contribution is -0.242. The van der Waals surface area contributed by atoms with Crippen molar-refractivity contribution in [3.8, 4) is 0 Å². The van der Waals surface area contributed by atoms with Gasteiger partial charge in [-0.2, -0.15) is 5.10 Å². The van der Waals surface area contributed by atoms with Crippen LogP contribution in [-0.2, 0) is 11.2 Å². The summed E-state index contributed by atoms with van der Waals surface area (Å²) in [6, 6.07) is 6.76. The molecule has 0 fully saturated rings. The molecule has 0 spiro atoms. The SMILES string of the molecule is C[N+]1(c2cn[nH]c2)C=CC(=O)C(Cc2cccc(NC(=O)[O-])c2)=N1. The number of quaternary nitrogens is 1. The normalized spacial score (nSPS) is 19.9. The van der Waals surface area contributed by atoms with E-state index in [1.54, 1.807) is 42.9 Å². The molecule has 8 nitrogen and oxygen atoms in total. The highest BCUT2D eigenvalue weighted by molar-refractivity contribution is 6.44. The van der Waals surface area contributed by atoms with Crippen LogP contribution in [0.25, 0.3) is 0 Å². The topological polar surface area (TPSA) is 110 Å². The Kier molecular flexibility index (Phi) is 3.97. The molecule has 0 aliphatic carbocycles. The molecule has 0 saturated carbocycles. The Labute approximate surface area is 137 Å². The fraction of sp³-hybridized carbons (Fsp3) is 0.125. The molecule has 2 N–H and O–H groups in total. The maximum atomic E-state index is 12.1. The van der Waals surface area contributed by atoms with Gasteiger partial charge in [0, 0.05) is 18.2 Å². The number of carbonyl (C=O) groups is 2. The number of carbonyl (C=O) groups excluding carboxylic acids is 2. The van der Waals surface area contributed by atoms with E-state index in [4.69, 9.17) is 0 Å². The maximum Gasteiger partial charge on any atom is 0.211 e. The average molecular weight is 325 g/mol. The van der Waals surface area contributed by atoms with E-state index in [1.807, 2.05) is 7.05 Å².